The molecule has 1 aliphatic heterocycles. The van der Waals surface area contributed by atoms with Crippen molar-refractivity contribution in [2.45, 2.75) is 26.9 Å². The van der Waals surface area contributed by atoms with E-state index in [-0.39, 0.29) is 0 Å². The number of pyridine rings is 1. The van der Waals surface area contributed by atoms with Crippen molar-refractivity contribution in [1.29, 1.82) is 0 Å². The molecule has 4 rings (SSSR count). The summed E-state index contributed by atoms with van der Waals surface area (Å²) < 4.78 is 6.10. The van der Waals surface area contributed by atoms with Crippen LogP contribution >= 0.6 is 23.2 Å². The van der Waals surface area contributed by atoms with E-state index in [0.717, 1.165) is 41.1 Å². The average molecular weight is 415 g/mol. The molecular formula is C23H24Cl2N2O. The molecule has 146 valence electrons. The summed E-state index contributed by atoms with van der Waals surface area (Å²) >= 11 is 12.1. The minimum absolute atomic E-state index is 0.416. The predicted octanol–water partition coefficient (Wildman–Crippen LogP) is 6.60. The first kappa shape index (κ1) is 19.4. The van der Waals surface area contributed by atoms with E-state index < -0.39 is 0 Å². The van der Waals surface area contributed by atoms with Crippen molar-refractivity contribution in [3.8, 4) is 5.75 Å². The standard InChI is InChI=1S/C23H24Cl2N2O/c1-15-10-16(2)13-27(12-15)22-9-7-18-4-3-5-21(23(18)26-22)28-14-17-6-8-19(24)20(25)11-17/h3-9,11,15-16H,10,12-14H2,1-2H3. The highest BCUT2D eigenvalue weighted by Crippen LogP contribution is 2.30. The molecule has 0 saturated carbocycles. The molecule has 0 radical (unpaired) electrons. The summed E-state index contributed by atoms with van der Waals surface area (Å²) in [6.07, 6.45) is 1.28. The van der Waals surface area contributed by atoms with Gasteiger partial charge in [-0.25, -0.2) is 4.98 Å². The van der Waals surface area contributed by atoms with E-state index in [1.54, 1.807) is 6.07 Å². The fraction of sp³-hybridized carbons (Fsp3) is 0.348. The van der Waals surface area contributed by atoms with Crippen LogP contribution in [0.25, 0.3) is 10.9 Å². The van der Waals surface area contributed by atoms with E-state index in [9.17, 15) is 0 Å². The second kappa shape index (κ2) is 8.18. The number of piperidine rings is 1. The summed E-state index contributed by atoms with van der Waals surface area (Å²) in [7, 11) is 0. The Labute approximate surface area is 176 Å². The first-order valence-corrected chi connectivity index (χ1v) is 10.5. The molecule has 3 nitrogen and oxygen atoms in total. The van der Waals surface area contributed by atoms with Gasteiger partial charge in [0.05, 0.1) is 10.0 Å². The van der Waals surface area contributed by atoms with E-state index in [0.29, 0.717) is 28.5 Å². The second-order valence-electron chi connectivity index (χ2n) is 7.89. The highest BCUT2D eigenvalue weighted by atomic mass is 35.5. The summed E-state index contributed by atoms with van der Waals surface area (Å²) in [6, 6.07) is 15.8. The van der Waals surface area contributed by atoms with Gasteiger partial charge in [0.2, 0.25) is 0 Å². The number of halogens is 2. The average Bonchev–Trinajstić information content (AvgIpc) is 2.67. The number of anilines is 1. The molecule has 1 fully saturated rings. The van der Waals surface area contributed by atoms with Crippen molar-refractivity contribution in [2.24, 2.45) is 11.8 Å². The summed E-state index contributed by atoms with van der Waals surface area (Å²) in [5.74, 6) is 3.17. The Hall–Kier alpha value is -1.97. The first-order valence-electron chi connectivity index (χ1n) is 9.71. The Morgan fingerprint density at radius 2 is 1.79 bits per heavy atom. The third kappa shape index (κ3) is 4.21. The lowest BCUT2D eigenvalue weighted by molar-refractivity contribution is 0.309. The van der Waals surface area contributed by atoms with Gasteiger partial charge in [-0.15, -0.1) is 0 Å². The van der Waals surface area contributed by atoms with Crippen molar-refractivity contribution in [3.63, 3.8) is 0 Å². The minimum atomic E-state index is 0.416. The van der Waals surface area contributed by atoms with Crippen LogP contribution in [0, 0.1) is 11.8 Å². The van der Waals surface area contributed by atoms with Crippen LogP contribution in [0.15, 0.2) is 48.5 Å². The van der Waals surface area contributed by atoms with E-state index >= 15 is 0 Å². The van der Waals surface area contributed by atoms with Crippen molar-refractivity contribution in [1.82, 2.24) is 4.98 Å². The van der Waals surface area contributed by atoms with Gasteiger partial charge >= 0.3 is 0 Å². The van der Waals surface area contributed by atoms with Crippen molar-refractivity contribution < 1.29 is 4.74 Å². The highest BCUT2D eigenvalue weighted by Gasteiger charge is 2.23. The van der Waals surface area contributed by atoms with E-state index in [1.807, 2.05) is 24.3 Å². The van der Waals surface area contributed by atoms with Crippen molar-refractivity contribution in [3.05, 3.63) is 64.1 Å². The van der Waals surface area contributed by atoms with Gasteiger partial charge in [-0.3, -0.25) is 0 Å². The molecule has 1 aliphatic rings. The summed E-state index contributed by atoms with van der Waals surface area (Å²) in [5, 5.41) is 2.16. The van der Waals surface area contributed by atoms with E-state index in [2.05, 4.69) is 36.9 Å². The van der Waals surface area contributed by atoms with Gasteiger partial charge in [0.25, 0.3) is 0 Å². The van der Waals surface area contributed by atoms with Gasteiger partial charge in [-0.05, 0) is 54.2 Å². The van der Waals surface area contributed by atoms with Crippen LogP contribution in [-0.4, -0.2) is 18.1 Å². The molecule has 0 spiro atoms. The molecule has 2 aromatic carbocycles. The van der Waals surface area contributed by atoms with Crippen LogP contribution in [-0.2, 0) is 6.61 Å². The molecule has 1 saturated heterocycles. The normalized spacial score (nSPS) is 19.8. The largest absolute Gasteiger partial charge is 0.487 e. The minimum Gasteiger partial charge on any atom is -0.487 e. The molecule has 2 atom stereocenters. The SMILES string of the molecule is CC1CC(C)CN(c2ccc3cccc(OCc4ccc(Cl)c(Cl)c4)c3n2)C1. The molecule has 2 heterocycles. The Balaban J connectivity index is 1.60. The number of benzene rings is 2. The Kier molecular flexibility index (Phi) is 5.65. The zero-order valence-electron chi connectivity index (χ0n) is 16.2. The predicted molar refractivity (Wildman–Crippen MR) is 118 cm³/mol. The van der Waals surface area contributed by atoms with Crippen molar-refractivity contribution >= 4 is 39.9 Å². The molecule has 5 heteroatoms. The number of aromatic nitrogens is 1. The number of rotatable bonds is 4. The van der Waals surface area contributed by atoms with E-state index in [1.165, 1.54) is 6.42 Å². The van der Waals surface area contributed by atoms with Crippen molar-refractivity contribution in [2.75, 3.05) is 18.0 Å². The topological polar surface area (TPSA) is 25.4 Å². The highest BCUT2D eigenvalue weighted by molar-refractivity contribution is 6.42. The molecule has 0 aliphatic carbocycles. The van der Waals surface area contributed by atoms with Crippen LogP contribution in [0.2, 0.25) is 10.0 Å². The Morgan fingerprint density at radius 3 is 2.54 bits per heavy atom. The van der Waals surface area contributed by atoms with Gasteiger partial charge in [0, 0.05) is 18.5 Å². The molecule has 0 bridgehead atoms. The maximum atomic E-state index is 6.12. The summed E-state index contributed by atoms with van der Waals surface area (Å²) in [4.78, 5) is 7.36. The quantitative estimate of drug-likeness (QED) is 0.480. The van der Waals surface area contributed by atoms with Gasteiger partial charge in [-0.1, -0.05) is 55.2 Å². The molecule has 1 aromatic heterocycles. The first-order chi connectivity index (χ1) is 13.5. The van der Waals surface area contributed by atoms with Gasteiger partial charge in [0.1, 0.15) is 23.7 Å². The lowest BCUT2D eigenvalue weighted by Gasteiger charge is -2.35. The lowest BCUT2D eigenvalue weighted by Crippen LogP contribution is -2.39. The van der Waals surface area contributed by atoms with Crippen LogP contribution in [0.1, 0.15) is 25.8 Å². The molecule has 2 unspecified atom stereocenters. The van der Waals surface area contributed by atoms with Gasteiger partial charge < -0.3 is 9.64 Å². The fourth-order valence-corrected chi connectivity index (χ4v) is 4.36. The third-order valence-electron chi connectivity index (χ3n) is 5.24. The summed E-state index contributed by atoms with van der Waals surface area (Å²) in [5.41, 5.74) is 1.87. The molecule has 3 aromatic rings. The molecule has 0 N–H and O–H groups in total. The second-order valence-corrected chi connectivity index (χ2v) is 8.70. The monoisotopic (exact) mass is 414 g/mol. The fourth-order valence-electron chi connectivity index (χ4n) is 4.04. The number of fused-ring (bicyclic) bond motifs is 1. The van der Waals surface area contributed by atoms with Crippen LogP contribution in [0.4, 0.5) is 5.82 Å². The third-order valence-corrected chi connectivity index (χ3v) is 5.98. The number of nitrogens with zero attached hydrogens (tertiary/aromatic N) is 2. The molecular weight excluding hydrogens is 391 g/mol. The van der Waals surface area contributed by atoms with Crippen LogP contribution in [0.5, 0.6) is 5.75 Å². The number of para-hydroxylation sites is 1. The smallest absolute Gasteiger partial charge is 0.146 e. The Morgan fingerprint density at radius 1 is 1.00 bits per heavy atom. The van der Waals surface area contributed by atoms with Gasteiger partial charge in [0.15, 0.2) is 0 Å². The molecule has 28 heavy (non-hydrogen) atoms. The Bertz CT molecular complexity index is 981. The number of ether oxygens (including phenoxy) is 1. The zero-order chi connectivity index (χ0) is 19.7. The lowest BCUT2D eigenvalue weighted by atomic mass is 9.92. The number of hydrogen-bond acceptors (Lipinski definition) is 3. The van der Waals surface area contributed by atoms with Crippen LogP contribution < -0.4 is 9.64 Å². The maximum Gasteiger partial charge on any atom is 0.146 e. The number of hydrogen-bond donors (Lipinski definition) is 0. The van der Waals surface area contributed by atoms with Gasteiger partial charge in [-0.2, -0.15) is 0 Å². The zero-order valence-corrected chi connectivity index (χ0v) is 17.7. The van der Waals surface area contributed by atoms with E-state index in [4.69, 9.17) is 32.9 Å². The maximum absolute atomic E-state index is 6.12. The molecule has 0 amide bonds. The summed E-state index contributed by atoms with van der Waals surface area (Å²) in [6.45, 7) is 7.15. The van der Waals surface area contributed by atoms with Crippen LogP contribution in [0.3, 0.4) is 0 Å².